The molecule has 15 nitrogen and oxygen atoms in total. The van der Waals surface area contributed by atoms with Crippen LogP contribution in [0.15, 0.2) is 31.8 Å². The highest BCUT2D eigenvalue weighted by Gasteiger charge is 2.40. The van der Waals surface area contributed by atoms with Crippen LogP contribution in [0.2, 0.25) is 0 Å². The molecule has 0 amide bonds. The third-order valence-electron chi connectivity index (χ3n) is 9.88. The first-order valence-electron chi connectivity index (χ1n) is 16.3. The van der Waals surface area contributed by atoms with Crippen molar-refractivity contribution in [2.75, 3.05) is 13.2 Å². The first kappa shape index (κ1) is 34.5. The molecule has 2 aliphatic carbocycles. The predicted octanol–water partition coefficient (Wildman–Crippen LogP) is 1.59. The second-order valence-corrected chi connectivity index (χ2v) is 13.2. The maximum Gasteiger partial charge on any atom is 0.406 e. The summed E-state index contributed by atoms with van der Waals surface area (Å²) < 4.78 is 56.8. The number of hydrogen-bond donors (Lipinski definition) is 0. The lowest BCUT2D eigenvalue weighted by atomic mass is 9.85. The van der Waals surface area contributed by atoms with Gasteiger partial charge in [0, 0.05) is 59.9 Å². The summed E-state index contributed by atoms with van der Waals surface area (Å²) in [6, 6.07) is 0. The number of nitrogens with zero attached hydrogens (tertiary/aromatic N) is 8. The van der Waals surface area contributed by atoms with Crippen LogP contribution >= 0.6 is 0 Å². The van der Waals surface area contributed by atoms with E-state index in [-0.39, 0.29) is 46.6 Å². The van der Waals surface area contributed by atoms with Crippen molar-refractivity contribution in [1.29, 1.82) is 0 Å². The van der Waals surface area contributed by atoms with Crippen LogP contribution in [0.5, 0.6) is 0 Å². The van der Waals surface area contributed by atoms with Gasteiger partial charge in [-0.3, -0.25) is 32.7 Å². The third-order valence-corrected chi connectivity index (χ3v) is 9.88. The number of halogens is 3. The number of alkyl halides is 3. The summed E-state index contributed by atoms with van der Waals surface area (Å²) >= 11 is 0. The van der Waals surface area contributed by atoms with Gasteiger partial charge in [0.25, 0.3) is 11.1 Å². The molecule has 1 aliphatic heterocycles. The Labute approximate surface area is 276 Å². The molecule has 1 saturated heterocycles. The fraction of sp³-hybridized carbons (Fsp3) is 0.645. The lowest BCUT2D eigenvalue weighted by Gasteiger charge is -2.35. The van der Waals surface area contributed by atoms with Crippen molar-refractivity contribution in [3.05, 3.63) is 54.3 Å². The minimum atomic E-state index is -4.51. The van der Waals surface area contributed by atoms with Gasteiger partial charge in [0.2, 0.25) is 0 Å². The average Bonchev–Trinajstić information content (AvgIpc) is 3.80. The quantitative estimate of drug-likeness (QED) is 0.303. The van der Waals surface area contributed by atoms with E-state index in [9.17, 15) is 37.1 Å². The Balaban J connectivity index is 0.000000170. The Bertz CT molecular complexity index is 2110. The molecule has 0 radical (unpaired) electrons. The summed E-state index contributed by atoms with van der Waals surface area (Å²) in [7, 11) is 4.80. The van der Waals surface area contributed by atoms with E-state index < -0.39 is 29.8 Å². The zero-order valence-electron chi connectivity index (χ0n) is 27.6. The van der Waals surface area contributed by atoms with Crippen molar-refractivity contribution < 1.29 is 27.4 Å². The summed E-state index contributed by atoms with van der Waals surface area (Å²) in [6.07, 6.45) is 3.31. The van der Waals surface area contributed by atoms with Gasteiger partial charge < -0.3 is 18.6 Å². The van der Waals surface area contributed by atoms with Crippen molar-refractivity contribution in [2.24, 2.45) is 33.0 Å². The maximum atomic E-state index is 12.7. The van der Waals surface area contributed by atoms with E-state index >= 15 is 0 Å². The van der Waals surface area contributed by atoms with Crippen LogP contribution in [-0.4, -0.2) is 68.3 Å². The topological polar surface area (TPSA) is 159 Å². The molecule has 3 fully saturated rings. The van der Waals surface area contributed by atoms with Crippen LogP contribution in [0.4, 0.5) is 13.2 Å². The van der Waals surface area contributed by atoms with Gasteiger partial charge in [0.05, 0.1) is 25.9 Å². The van der Waals surface area contributed by atoms with Crippen LogP contribution in [0, 0.1) is 11.8 Å². The highest BCUT2D eigenvalue weighted by molar-refractivity contribution is 5.79. The number of fused-ring (bicyclic) bond motifs is 2. The molecular formula is C31H39F3N8O7. The molecule has 0 unspecified atom stereocenters. The van der Waals surface area contributed by atoms with Crippen LogP contribution in [0.3, 0.4) is 0 Å². The SMILES string of the molecule is Cn1c(=O)n(CC2CCC(=O)CC2)c(=O)c2c1ncn2CC(F)(F)F.Cn1cnc2c1c(=O)n(CC1CCC3(CC1)OCCO3)c(=O)n2C. The Morgan fingerprint density at radius 3 is 1.80 bits per heavy atom. The minimum Gasteiger partial charge on any atom is -0.348 e. The van der Waals surface area contributed by atoms with Crippen molar-refractivity contribution in [3.8, 4) is 0 Å². The summed E-state index contributed by atoms with van der Waals surface area (Å²) in [5.74, 6) is -0.0208. The molecule has 0 aromatic carbocycles. The predicted molar refractivity (Wildman–Crippen MR) is 169 cm³/mol. The molecule has 4 aromatic heterocycles. The number of imidazole rings is 2. The number of rotatable bonds is 5. The normalized spacial score (nSPS) is 18.9. The number of Topliss-reactive ketones (excluding diaryl/α,β-unsaturated/α-hetero) is 1. The van der Waals surface area contributed by atoms with Gasteiger partial charge in [-0.25, -0.2) is 19.6 Å². The van der Waals surface area contributed by atoms with Gasteiger partial charge in [-0.1, -0.05) is 0 Å². The number of carbonyl (C=O) groups is 1. The van der Waals surface area contributed by atoms with Gasteiger partial charge in [-0.15, -0.1) is 0 Å². The van der Waals surface area contributed by atoms with E-state index in [1.165, 1.54) is 16.2 Å². The van der Waals surface area contributed by atoms with Gasteiger partial charge in [0.15, 0.2) is 28.1 Å². The Hall–Kier alpha value is -4.32. The highest BCUT2D eigenvalue weighted by Crippen LogP contribution is 2.38. The van der Waals surface area contributed by atoms with Gasteiger partial charge in [-0.05, 0) is 37.5 Å². The summed E-state index contributed by atoms with van der Waals surface area (Å²) in [4.78, 5) is 69.7. The van der Waals surface area contributed by atoms with Crippen molar-refractivity contribution >= 4 is 28.1 Å². The van der Waals surface area contributed by atoms with Crippen LogP contribution in [-0.2, 0) is 55.0 Å². The lowest BCUT2D eigenvalue weighted by molar-refractivity contribution is -0.183. The molecule has 0 bridgehead atoms. The summed E-state index contributed by atoms with van der Waals surface area (Å²) in [6.45, 7) is 0.479. The van der Waals surface area contributed by atoms with E-state index in [2.05, 4.69) is 9.97 Å². The van der Waals surface area contributed by atoms with E-state index in [1.807, 2.05) is 0 Å². The fourth-order valence-electron chi connectivity index (χ4n) is 7.14. The largest absolute Gasteiger partial charge is 0.406 e. The molecule has 5 heterocycles. The highest BCUT2D eigenvalue weighted by atomic mass is 19.4. The number of aryl methyl sites for hydroxylation is 3. The zero-order valence-corrected chi connectivity index (χ0v) is 27.6. The molecule has 0 atom stereocenters. The third kappa shape index (κ3) is 6.79. The number of ketones is 1. The molecule has 4 aromatic rings. The Morgan fingerprint density at radius 2 is 1.24 bits per heavy atom. The summed E-state index contributed by atoms with van der Waals surface area (Å²) in [5.41, 5.74) is -1.39. The number of hydrogen-bond acceptors (Lipinski definition) is 9. The number of carbonyl (C=O) groups excluding carboxylic acids is 1. The van der Waals surface area contributed by atoms with Crippen molar-refractivity contribution in [2.45, 2.75) is 83.0 Å². The average molecular weight is 693 g/mol. The zero-order chi connectivity index (χ0) is 35.2. The molecule has 18 heteroatoms. The summed E-state index contributed by atoms with van der Waals surface area (Å²) in [5, 5.41) is 0. The van der Waals surface area contributed by atoms with E-state index in [4.69, 9.17) is 9.47 Å². The first-order chi connectivity index (χ1) is 23.2. The van der Waals surface area contributed by atoms with Gasteiger partial charge in [0.1, 0.15) is 12.3 Å². The second-order valence-electron chi connectivity index (χ2n) is 13.2. The van der Waals surface area contributed by atoms with Crippen LogP contribution in [0.1, 0.15) is 51.4 Å². The standard InChI is InChI=1S/C16H22N4O4.C15H17F3N4O3/c1-18-10-17-13-12(18)14(21)20(15(22)19(13)2)9-11-3-5-16(6-4-11)23-7-8-24-16;1-20-12-11(21(8-19-12)7-15(16,17)18)13(24)22(14(20)25)6-9-2-4-10(23)5-3-9/h10-11H,3-9H2,1-2H3;8-9H,2-7H2,1H3. The van der Waals surface area contributed by atoms with Crippen LogP contribution in [0.25, 0.3) is 22.3 Å². The molecule has 7 rings (SSSR count). The van der Waals surface area contributed by atoms with E-state index in [0.29, 0.717) is 56.6 Å². The van der Waals surface area contributed by atoms with E-state index in [1.54, 1.807) is 25.0 Å². The van der Waals surface area contributed by atoms with Gasteiger partial charge in [-0.2, -0.15) is 13.2 Å². The molecular weight excluding hydrogens is 653 g/mol. The molecule has 3 aliphatic rings. The smallest absolute Gasteiger partial charge is 0.348 e. The minimum absolute atomic E-state index is 0.0282. The molecule has 1 spiro atoms. The second kappa shape index (κ2) is 13.2. The van der Waals surface area contributed by atoms with Crippen molar-refractivity contribution in [1.82, 2.24) is 37.4 Å². The monoisotopic (exact) mass is 692 g/mol. The van der Waals surface area contributed by atoms with Crippen molar-refractivity contribution in [3.63, 3.8) is 0 Å². The number of ether oxygens (including phenoxy) is 2. The molecule has 2 saturated carbocycles. The van der Waals surface area contributed by atoms with E-state index in [0.717, 1.165) is 45.7 Å². The fourth-order valence-corrected chi connectivity index (χ4v) is 7.14. The lowest BCUT2D eigenvalue weighted by Crippen LogP contribution is -2.43. The van der Waals surface area contributed by atoms with Gasteiger partial charge >= 0.3 is 17.6 Å². The molecule has 0 N–H and O–H groups in total. The maximum absolute atomic E-state index is 12.7. The first-order valence-corrected chi connectivity index (χ1v) is 16.3. The Kier molecular flexibility index (Phi) is 9.29. The molecule has 266 valence electrons. The van der Waals surface area contributed by atoms with Crippen LogP contribution < -0.4 is 22.5 Å². The number of aromatic nitrogens is 8. The molecule has 49 heavy (non-hydrogen) atoms. The Morgan fingerprint density at radius 1 is 0.755 bits per heavy atom.